The maximum Gasteiger partial charge on any atom is 0.419 e. The lowest BCUT2D eigenvalue weighted by Gasteiger charge is -2.34. The molecule has 2 aliphatic heterocycles. The molecule has 4 rings (SSSR count). The summed E-state index contributed by atoms with van der Waals surface area (Å²) in [5, 5.41) is 11.2. The van der Waals surface area contributed by atoms with Gasteiger partial charge in [0.15, 0.2) is 0 Å². The fourth-order valence-electron chi connectivity index (χ4n) is 5.39. The molecule has 0 radical (unpaired) electrons. The van der Waals surface area contributed by atoms with E-state index in [-0.39, 0.29) is 30.8 Å². The van der Waals surface area contributed by atoms with Crippen LogP contribution in [0.4, 0.5) is 9.59 Å². The molecule has 3 heterocycles. The number of aromatic nitrogens is 1. The number of fused-ring (bicyclic) bond motifs is 1. The van der Waals surface area contributed by atoms with E-state index in [0.29, 0.717) is 19.5 Å². The molecule has 1 aromatic carbocycles. The highest BCUT2D eigenvalue weighted by atomic mass is 16.6. The predicted molar refractivity (Wildman–Crippen MR) is 144 cm³/mol. The Morgan fingerprint density at radius 2 is 1.55 bits per heavy atom. The number of β-amino-alcohol motifs (C(OH)–C–C–N with tert-alkyl or cyclic N) is 1. The molecule has 0 bridgehead atoms. The molecule has 2 saturated heterocycles. The number of carbonyl (C=O) groups excluding carboxylic acids is 3. The van der Waals surface area contributed by atoms with E-state index in [2.05, 4.69) is 0 Å². The molecule has 0 saturated carbocycles. The third-order valence-corrected chi connectivity index (χ3v) is 7.05. The molecule has 9 heteroatoms. The number of carbonyl (C=O) groups is 3. The standard InChI is InChI=1S/C29H41N3O6/c1-28(2,3)37-26(35)31-17-21(33)15-20(31)16-25(34)30-13-11-19(12-14-30)23-18-32(27(36)38-29(4,5)6)24-10-8-7-9-22(23)24/h7-10,18-21,33H,11-17H2,1-6H3/t20-,21+/m0/s1. The predicted octanol–water partition coefficient (Wildman–Crippen LogP) is 4.89. The molecule has 208 valence electrons. The Bertz CT molecular complexity index is 1180. The maximum absolute atomic E-state index is 13.2. The van der Waals surface area contributed by atoms with E-state index in [9.17, 15) is 19.5 Å². The van der Waals surface area contributed by atoms with Crippen LogP contribution in [0.3, 0.4) is 0 Å². The summed E-state index contributed by atoms with van der Waals surface area (Å²) >= 11 is 0. The smallest absolute Gasteiger partial charge is 0.419 e. The van der Waals surface area contributed by atoms with Crippen molar-refractivity contribution >= 4 is 29.0 Å². The molecule has 2 aliphatic rings. The van der Waals surface area contributed by atoms with Gasteiger partial charge in [0, 0.05) is 37.1 Å². The average Bonchev–Trinajstić information content (AvgIpc) is 3.37. The second-order valence-electron chi connectivity index (χ2n) is 12.5. The van der Waals surface area contributed by atoms with Gasteiger partial charge >= 0.3 is 12.2 Å². The molecule has 2 aromatic rings. The molecule has 2 amide bonds. The van der Waals surface area contributed by atoms with Gasteiger partial charge in [-0.3, -0.25) is 9.36 Å². The second kappa shape index (κ2) is 10.6. The first-order valence-corrected chi connectivity index (χ1v) is 13.5. The molecule has 2 atom stereocenters. The summed E-state index contributed by atoms with van der Waals surface area (Å²) in [6.45, 7) is 12.3. The first-order valence-electron chi connectivity index (χ1n) is 13.5. The van der Waals surface area contributed by atoms with Crippen LogP contribution in [-0.2, 0) is 14.3 Å². The lowest BCUT2D eigenvalue weighted by molar-refractivity contribution is -0.133. The van der Waals surface area contributed by atoms with E-state index in [1.165, 1.54) is 4.90 Å². The molecule has 0 unspecified atom stereocenters. The van der Waals surface area contributed by atoms with Gasteiger partial charge < -0.3 is 24.4 Å². The summed E-state index contributed by atoms with van der Waals surface area (Å²) in [5.41, 5.74) is 0.669. The fourth-order valence-corrected chi connectivity index (χ4v) is 5.39. The van der Waals surface area contributed by atoms with Crippen LogP contribution in [0.15, 0.2) is 30.5 Å². The van der Waals surface area contributed by atoms with Crippen molar-refractivity contribution in [2.75, 3.05) is 19.6 Å². The number of hydrogen-bond donors (Lipinski definition) is 1. The summed E-state index contributed by atoms with van der Waals surface area (Å²) in [5.74, 6) is 0.187. The number of likely N-dealkylation sites (tertiary alicyclic amines) is 2. The van der Waals surface area contributed by atoms with Gasteiger partial charge in [0.1, 0.15) is 11.2 Å². The molecule has 0 spiro atoms. The van der Waals surface area contributed by atoms with Gasteiger partial charge in [-0.15, -0.1) is 0 Å². The highest BCUT2D eigenvalue weighted by molar-refractivity contribution is 5.92. The van der Waals surface area contributed by atoms with Gasteiger partial charge in [-0.1, -0.05) is 18.2 Å². The number of hydrogen-bond acceptors (Lipinski definition) is 6. The molecule has 38 heavy (non-hydrogen) atoms. The number of piperidine rings is 1. The Morgan fingerprint density at radius 1 is 0.947 bits per heavy atom. The molecule has 2 fully saturated rings. The highest BCUT2D eigenvalue weighted by Crippen LogP contribution is 2.35. The Labute approximate surface area is 224 Å². The monoisotopic (exact) mass is 527 g/mol. The number of nitrogens with zero attached hydrogens (tertiary/aromatic N) is 3. The quantitative estimate of drug-likeness (QED) is 0.610. The van der Waals surface area contributed by atoms with Crippen molar-refractivity contribution in [3.05, 3.63) is 36.0 Å². The third-order valence-electron chi connectivity index (χ3n) is 7.05. The zero-order valence-electron chi connectivity index (χ0n) is 23.4. The van der Waals surface area contributed by atoms with Crippen molar-refractivity contribution in [1.82, 2.24) is 14.4 Å². The van der Waals surface area contributed by atoms with E-state index in [4.69, 9.17) is 9.47 Å². The minimum atomic E-state index is -0.659. The van der Waals surface area contributed by atoms with Crippen molar-refractivity contribution in [3.63, 3.8) is 0 Å². The summed E-state index contributed by atoms with van der Waals surface area (Å²) in [6.07, 6.45) is 2.42. The Kier molecular flexibility index (Phi) is 7.79. The van der Waals surface area contributed by atoms with Crippen molar-refractivity contribution in [1.29, 1.82) is 0 Å². The molecule has 0 aliphatic carbocycles. The van der Waals surface area contributed by atoms with Gasteiger partial charge in [0.2, 0.25) is 5.91 Å². The highest BCUT2D eigenvalue weighted by Gasteiger charge is 2.39. The number of amides is 2. The third kappa shape index (κ3) is 6.49. The summed E-state index contributed by atoms with van der Waals surface area (Å²) in [6, 6.07) is 7.45. The van der Waals surface area contributed by atoms with Gasteiger partial charge in [-0.05, 0) is 78.4 Å². The molecular weight excluding hydrogens is 486 g/mol. The van der Waals surface area contributed by atoms with E-state index in [0.717, 1.165) is 29.3 Å². The number of aliphatic hydroxyl groups is 1. The Morgan fingerprint density at radius 3 is 2.18 bits per heavy atom. The number of rotatable bonds is 3. The van der Waals surface area contributed by atoms with Crippen LogP contribution in [0.2, 0.25) is 0 Å². The van der Waals surface area contributed by atoms with E-state index in [1.54, 1.807) is 25.3 Å². The molecular formula is C29H41N3O6. The van der Waals surface area contributed by atoms with Gasteiger partial charge in [0.05, 0.1) is 18.2 Å². The minimum absolute atomic E-state index is 0.0210. The zero-order chi connectivity index (χ0) is 27.8. The Balaban J connectivity index is 1.41. The topological polar surface area (TPSA) is 101 Å². The van der Waals surface area contributed by atoms with Crippen molar-refractivity contribution in [3.8, 4) is 0 Å². The molecule has 1 N–H and O–H groups in total. The summed E-state index contributed by atoms with van der Waals surface area (Å²) in [7, 11) is 0. The van der Waals surface area contributed by atoms with Crippen LogP contribution in [0.1, 0.15) is 78.7 Å². The van der Waals surface area contributed by atoms with Crippen LogP contribution in [-0.4, -0.2) is 80.5 Å². The summed E-state index contributed by atoms with van der Waals surface area (Å²) < 4.78 is 12.7. The first kappa shape index (κ1) is 28.0. The first-order chi connectivity index (χ1) is 17.7. The fraction of sp³-hybridized carbons (Fsp3) is 0.621. The van der Waals surface area contributed by atoms with E-state index >= 15 is 0 Å². The number of benzene rings is 1. The minimum Gasteiger partial charge on any atom is -0.444 e. The van der Waals surface area contributed by atoms with Crippen molar-refractivity contribution < 1.29 is 29.0 Å². The van der Waals surface area contributed by atoms with Crippen LogP contribution in [0, 0.1) is 0 Å². The van der Waals surface area contributed by atoms with Gasteiger partial charge in [-0.2, -0.15) is 0 Å². The lowest BCUT2D eigenvalue weighted by atomic mass is 9.89. The maximum atomic E-state index is 13.2. The van der Waals surface area contributed by atoms with Crippen LogP contribution < -0.4 is 0 Å². The van der Waals surface area contributed by atoms with Crippen molar-refractivity contribution in [2.45, 2.75) is 96.5 Å². The SMILES string of the molecule is CC(C)(C)OC(=O)N1C[C@H](O)C[C@H]1CC(=O)N1CCC(c2cn(C(=O)OC(C)(C)C)c3ccccc23)CC1. The summed E-state index contributed by atoms with van der Waals surface area (Å²) in [4.78, 5) is 42.1. The van der Waals surface area contributed by atoms with Crippen LogP contribution >= 0.6 is 0 Å². The van der Waals surface area contributed by atoms with E-state index < -0.39 is 29.5 Å². The average molecular weight is 528 g/mol. The van der Waals surface area contributed by atoms with E-state index in [1.807, 2.05) is 56.1 Å². The molecule has 9 nitrogen and oxygen atoms in total. The van der Waals surface area contributed by atoms with Crippen LogP contribution in [0.5, 0.6) is 0 Å². The normalized spacial score (nSPS) is 21.1. The number of para-hydroxylation sites is 1. The Hall–Kier alpha value is -3.07. The number of aliphatic hydroxyl groups excluding tert-OH is 1. The number of ether oxygens (including phenoxy) is 2. The molecule has 1 aromatic heterocycles. The zero-order valence-corrected chi connectivity index (χ0v) is 23.4. The lowest BCUT2D eigenvalue weighted by Crippen LogP contribution is -2.44. The van der Waals surface area contributed by atoms with Crippen LogP contribution in [0.25, 0.3) is 10.9 Å². The largest absolute Gasteiger partial charge is 0.444 e. The van der Waals surface area contributed by atoms with Crippen molar-refractivity contribution in [2.24, 2.45) is 0 Å². The van der Waals surface area contributed by atoms with Gasteiger partial charge in [-0.25, -0.2) is 9.59 Å². The van der Waals surface area contributed by atoms with Gasteiger partial charge in [0.25, 0.3) is 0 Å². The second-order valence-corrected chi connectivity index (χ2v) is 12.5.